The van der Waals surface area contributed by atoms with E-state index in [0.29, 0.717) is 12.5 Å². The molecule has 1 aliphatic heterocycles. The minimum absolute atomic E-state index is 0.332. The Labute approximate surface area is 107 Å². The van der Waals surface area contributed by atoms with Crippen molar-refractivity contribution in [2.75, 3.05) is 39.8 Å². The highest BCUT2D eigenvalue weighted by atomic mass is 16.3. The van der Waals surface area contributed by atoms with Crippen LogP contribution in [0.1, 0.15) is 39.0 Å². The average Bonchev–Trinajstić information content (AvgIpc) is 2.30. The molecule has 1 saturated heterocycles. The molecule has 0 aromatic rings. The zero-order chi connectivity index (χ0) is 12.5. The summed E-state index contributed by atoms with van der Waals surface area (Å²) in [5.74, 6) is 1.48. The van der Waals surface area contributed by atoms with E-state index >= 15 is 0 Å². The lowest BCUT2D eigenvalue weighted by Crippen LogP contribution is -2.38. The van der Waals surface area contributed by atoms with Crippen LogP contribution in [0.25, 0.3) is 0 Å². The Morgan fingerprint density at radius 3 is 2.88 bits per heavy atom. The molecule has 1 rings (SSSR count). The third-order valence-corrected chi connectivity index (χ3v) is 3.82. The third kappa shape index (κ3) is 6.39. The minimum atomic E-state index is 0.332. The van der Waals surface area contributed by atoms with Gasteiger partial charge in [-0.1, -0.05) is 13.3 Å². The van der Waals surface area contributed by atoms with Crippen LogP contribution in [0.4, 0.5) is 0 Å². The highest BCUT2D eigenvalue weighted by molar-refractivity contribution is 4.73. The molecule has 0 bridgehead atoms. The molecule has 0 aromatic heterocycles. The van der Waals surface area contributed by atoms with Gasteiger partial charge in [0.05, 0.1) is 0 Å². The summed E-state index contributed by atoms with van der Waals surface area (Å²) >= 11 is 0. The zero-order valence-electron chi connectivity index (χ0n) is 11.6. The highest BCUT2D eigenvalue weighted by Crippen LogP contribution is 2.14. The molecule has 1 aliphatic rings. The predicted octanol–water partition coefficient (Wildman–Crippen LogP) is 1.72. The maximum absolute atomic E-state index is 9.01. The van der Waals surface area contributed by atoms with Gasteiger partial charge >= 0.3 is 0 Å². The Morgan fingerprint density at radius 1 is 1.41 bits per heavy atom. The lowest BCUT2D eigenvalue weighted by atomic mass is 9.97. The summed E-state index contributed by atoms with van der Waals surface area (Å²) in [5.41, 5.74) is 0. The minimum Gasteiger partial charge on any atom is -0.396 e. The second kappa shape index (κ2) is 8.90. The maximum atomic E-state index is 9.01. The topological polar surface area (TPSA) is 35.5 Å². The van der Waals surface area contributed by atoms with Crippen molar-refractivity contribution < 1.29 is 5.11 Å². The van der Waals surface area contributed by atoms with Gasteiger partial charge in [0.25, 0.3) is 0 Å². The normalized spacial score (nSPS) is 23.8. The highest BCUT2D eigenvalue weighted by Gasteiger charge is 2.17. The molecule has 0 saturated carbocycles. The number of nitrogens with zero attached hydrogens (tertiary/aromatic N) is 1. The smallest absolute Gasteiger partial charge is 0.0434 e. The van der Waals surface area contributed by atoms with E-state index in [1.807, 2.05) is 0 Å². The van der Waals surface area contributed by atoms with E-state index in [4.69, 9.17) is 5.11 Å². The average molecular weight is 242 g/mol. The standard InChI is InChI=1S/C14H30N2O/c1-3-5-13(7-9-17)10-15-11-14-6-4-8-16(2)12-14/h13-15,17H,3-12H2,1-2H3. The van der Waals surface area contributed by atoms with Gasteiger partial charge in [0, 0.05) is 13.2 Å². The lowest BCUT2D eigenvalue weighted by Gasteiger charge is -2.30. The van der Waals surface area contributed by atoms with Crippen LogP contribution in [-0.4, -0.2) is 49.8 Å². The Hall–Kier alpha value is -0.120. The fourth-order valence-electron chi connectivity index (χ4n) is 2.87. The van der Waals surface area contributed by atoms with Gasteiger partial charge in [-0.15, -0.1) is 0 Å². The number of nitrogens with one attached hydrogen (secondary N) is 1. The predicted molar refractivity (Wildman–Crippen MR) is 73.2 cm³/mol. The van der Waals surface area contributed by atoms with Crippen molar-refractivity contribution in [3.05, 3.63) is 0 Å². The molecule has 2 unspecified atom stereocenters. The van der Waals surface area contributed by atoms with Gasteiger partial charge < -0.3 is 15.3 Å². The fraction of sp³-hybridized carbons (Fsp3) is 1.00. The van der Waals surface area contributed by atoms with E-state index in [0.717, 1.165) is 25.4 Å². The Balaban J connectivity index is 2.11. The monoisotopic (exact) mass is 242 g/mol. The summed E-state index contributed by atoms with van der Waals surface area (Å²) in [5, 5.41) is 12.6. The van der Waals surface area contributed by atoms with E-state index in [-0.39, 0.29) is 0 Å². The first-order chi connectivity index (χ1) is 8.26. The van der Waals surface area contributed by atoms with Crippen LogP contribution in [0.5, 0.6) is 0 Å². The van der Waals surface area contributed by atoms with Gasteiger partial charge in [0.2, 0.25) is 0 Å². The van der Waals surface area contributed by atoms with E-state index in [9.17, 15) is 0 Å². The van der Waals surface area contributed by atoms with Crippen molar-refractivity contribution in [2.24, 2.45) is 11.8 Å². The number of hydrogen-bond acceptors (Lipinski definition) is 3. The molecule has 2 N–H and O–H groups in total. The molecule has 2 atom stereocenters. The first kappa shape index (κ1) is 14.9. The quantitative estimate of drug-likeness (QED) is 0.680. The van der Waals surface area contributed by atoms with E-state index in [1.165, 1.54) is 38.8 Å². The van der Waals surface area contributed by atoms with Crippen LogP contribution in [0, 0.1) is 11.8 Å². The molecule has 0 spiro atoms. The van der Waals surface area contributed by atoms with Crippen molar-refractivity contribution >= 4 is 0 Å². The lowest BCUT2D eigenvalue weighted by molar-refractivity contribution is 0.201. The second-order valence-corrected chi connectivity index (χ2v) is 5.60. The summed E-state index contributed by atoms with van der Waals surface area (Å²) in [6, 6.07) is 0. The maximum Gasteiger partial charge on any atom is 0.0434 e. The summed E-state index contributed by atoms with van der Waals surface area (Å²) in [4.78, 5) is 2.44. The first-order valence-electron chi connectivity index (χ1n) is 7.26. The Bertz CT molecular complexity index is 176. The van der Waals surface area contributed by atoms with Gasteiger partial charge in [-0.2, -0.15) is 0 Å². The van der Waals surface area contributed by atoms with Crippen LogP contribution in [0.2, 0.25) is 0 Å². The molecule has 0 aromatic carbocycles. The molecule has 0 aliphatic carbocycles. The first-order valence-corrected chi connectivity index (χ1v) is 7.26. The number of rotatable bonds is 8. The van der Waals surface area contributed by atoms with Crippen LogP contribution >= 0.6 is 0 Å². The summed E-state index contributed by atoms with van der Waals surface area (Å²) in [6.07, 6.45) is 6.12. The summed E-state index contributed by atoms with van der Waals surface area (Å²) < 4.78 is 0. The molecule has 17 heavy (non-hydrogen) atoms. The second-order valence-electron chi connectivity index (χ2n) is 5.60. The number of aliphatic hydroxyl groups is 1. The van der Waals surface area contributed by atoms with E-state index in [2.05, 4.69) is 24.2 Å². The van der Waals surface area contributed by atoms with Gasteiger partial charge in [-0.05, 0) is 64.2 Å². The fourth-order valence-corrected chi connectivity index (χ4v) is 2.87. The van der Waals surface area contributed by atoms with Gasteiger partial charge in [-0.25, -0.2) is 0 Å². The summed E-state index contributed by atoms with van der Waals surface area (Å²) in [6.45, 7) is 7.29. The molecule has 1 heterocycles. The van der Waals surface area contributed by atoms with Crippen molar-refractivity contribution in [3.8, 4) is 0 Å². The molecule has 3 nitrogen and oxygen atoms in total. The molecular formula is C14H30N2O. The van der Waals surface area contributed by atoms with E-state index in [1.54, 1.807) is 0 Å². The van der Waals surface area contributed by atoms with Crippen LogP contribution < -0.4 is 5.32 Å². The number of aliphatic hydroxyl groups excluding tert-OH is 1. The van der Waals surface area contributed by atoms with Gasteiger partial charge in [-0.3, -0.25) is 0 Å². The van der Waals surface area contributed by atoms with Gasteiger partial charge in [0.15, 0.2) is 0 Å². The largest absolute Gasteiger partial charge is 0.396 e. The van der Waals surface area contributed by atoms with Crippen LogP contribution in [-0.2, 0) is 0 Å². The van der Waals surface area contributed by atoms with Crippen molar-refractivity contribution in [1.29, 1.82) is 0 Å². The SMILES string of the molecule is CCCC(CCO)CNCC1CCCN(C)C1. The molecule has 3 heteroatoms. The van der Waals surface area contributed by atoms with Crippen LogP contribution in [0.3, 0.4) is 0 Å². The molecule has 1 fully saturated rings. The molecule has 0 radical (unpaired) electrons. The third-order valence-electron chi connectivity index (χ3n) is 3.82. The van der Waals surface area contributed by atoms with Gasteiger partial charge in [0.1, 0.15) is 0 Å². The molecule has 102 valence electrons. The molecule has 0 amide bonds. The van der Waals surface area contributed by atoms with Crippen molar-refractivity contribution in [1.82, 2.24) is 10.2 Å². The van der Waals surface area contributed by atoms with Crippen LogP contribution in [0.15, 0.2) is 0 Å². The summed E-state index contributed by atoms with van der Waals surface area (Å²) in [7, 11) is 2.22. The number of likely N-dealkylation sites (tertiary alicyclic amines) is 1. The van der Waals surface area contributed by atoms with E-state index < -0.39 is 0 Å². The number of hydrogen-bond donors (Lipinski definition) is 2. The zero-order valence-corrected chi connectivity index (χ0v) is 11.6. The van der Waals surface area contributed by atoms with Crippen molar-refractivity contribution in [3.63, 3.8) is 0 Å². The Kier molecular flexibility index (Phi) is 7.82. The Morgan fingerprint density at radius 2 is 2.24 bits per heavy atom. The molecular weight excluding hydrogens is 212 g/mol. The van der Waals surface area contributed by atoms with Crippen molar-refractivity contribution in [2.45, 2.75) is 39.0 Å². The number of piperidine rings is 1.